The molecule has 104 valence electrons. The fourth-order valence-corrected chi connectivity index (χ4v) is 2.71. The molecule has 2 heterocycles. The number of nitrogens with zero attached hydrogens (tertiary/aromatic N) is 1. The smallest absolute Gasteiger partial charge is 0.226 e. The Hall–Kier alpha value is -1.42. The van der Waals surface area contributed by atoms with Gasteiger partial charge in [0.15, 0.2) is 0 Å². The molecule has 19 heavy (non-hydrogen) atoms. The van der Waals surface area contributed by atoms with Crippen molar-refractivity contribution in [2.75, 3.05) is 13.1 Å². The Morgan fingerprint density at radius 3 is 2.84 bits per heavy atom. The topological polar surface area (TPSA) is 54.0 Å². The van der Waals surface area contributed by atoms with Gasteiger partial charge in [-0.05, 0) is 50.9 Å². The van der Waals surface area contributed by atoms with E-state index in [0.29, 0.717) is 0 Å². The van der Waals surface area contributed by atoms with Crippen LogP contribution in [0.4, 0.5) is 0 Å². The lowest BCUT2D eigenvalue weighted by Gasteiger charge is -2.36. The number of carbonyl (C=O) groups excluding carboxylic acids is 1. The van der Waals surface area contributed by atoms with E-state index >= 15 is 0 Å². The molecular weight excluding hydrogens is 238 g/mol. The Labute approximate surface area is 115 Å². The number of hydrogen-bond acceptors (Lipinski definition) is 3. The maximum Gasteiger partial charge on any atom is 0.226 e. The summed E-state index contributed by atoms with van der Waals surface area (Å²) in [5.41, 5.74) is 0.859. The molecule has 0 aromatic carbocycles. The zero-order valence-corrected chi connectivity index (χ0v) is 11.8. The van der Waals surface area contributed by atoms with Crippen LogP contribution >= 0.6 is 0 Å². The van der Waals surface area contributed by atoms with E-state index in [1.165, 1.54) is 0 Å². The molecule has 4 heteroatoms. The summed E-state index contributed by atoms with van der Waals surface area (Å²) in [5, 5.41) is 6.47. The number of piperidine rings is 1. The molecule has 1 fully saturated rings. The van der Waals surface area contributed by atoms with Crippen molar-refractivity contribution in [3.8, 4) is 0 Å². The van der Waals surface area contributed by atoms with Gasteiger partial charge in [-0.2, -0.15) is 0 Å². The van der Waals surface area contributed by atoms with E-state index in [0.717, 1.165) is 37.9 Å². The maximum absolute atomic E-state index is 12.6. The van der Waals surface area contributed by atoms with Gasteiger partial charge in [0.05, 0.1) is 11.5 Å². The third-order valence-electron chi connectivity index (χ3n) is 4.25. The van der Waals surface area contributed by atoms with Crippen molar-refractivity contribution in [2.24, 2.45) is 5.41 Å². The monoisotopic (exact) mass is 261 g/mol. The highest BCUT2D eigenvalue weighted by Crippen LogP contribution is 2.33. The zero-order chi connectivity index (χ0) is 13.7. The van der Waals surface area contributed by atoms with E-state index in [-0.39, 0.29) is 17.4 Å². The van der Waals surface area contributed by atoms with E-state index < -0.39 is 0 Å². The summed E-state index contributed by atoms with van der Waals surface area (Å²) in [4.78, 5) is 16.7. The molecule has 1 atom stereocenters. The highest BCUT2D eigenvalue weighted by molar-refractivity contribution is 5.83. The van der Waals surface area contributed by atoms with Crippen molar-refractivity contribution in [2.45, 2.75) is 39.2 Å². The van der Waals surface area contributed by atoms with Crippen molar-refractivity contribution >= 4 is 5.91 Å². The van der Waals surface area contributed by atoms with Gasteiger partial charge in [-0.3, -0.25) is 9.78 Å². The summed E-state index contributed by atoms with van der Waals surface area (Å²) in [6.45, 7) is 5.99. The lowest BCUT2D eigenvalue weighted by Crippen LogP contribution is -2.47. The molecule has 1 aliphatic heterocycles. The largest absolute Gasteiger partial charge is 0.349 e. The molecule has 1 aliphatic rings. The van der Waals surface area contributed by atoms with Gasteiger partial charge in [0, 0.05) is 12.4 Å². The van der Waals surface area contributed by atoms with Crippen molar-refractivity contribution in [1.29, 1.82) is 0 Å². The molecule has 0 bridgehead atoms. The summed E-state index contributed by atoms with van der Waals surface area (Å²) in [6, 6.07) is 3.91. The van der Waals surface area contributed by atoms with Crippen LogP contribution < -0.4 is 10.6 Å². The van der Waals surface area contributed by atoms with E-state index in [1.54, 1.807) is 6.20 Å². The molecule has 1 amide bonds. The number of rotatable bonds is 4. The number of nitrogens with one attached hydrogen (secondary N) is 2. The van der Waals surface area contributed by atoms with Gasteiger partial charge < -0.3 is 10.6 Å². The lowest BCUT2D eigenvalue weighted by atomic mass is 9.75. The van der Waals surface area contributed by atoms with Gasteiger partial charge in [0.1, 0.15) is 0 Å². The van der Waals surface area contributed by atoms with Gasteiger partial charge in [-0.25, -0.2) is 0 Å². The maximum atomic E-state index is 12.6. The van der Waals surface area contributed by atoms with Crippen molar-refractivity contribution in [3.05, 3.63) is 30.1 Å². The first-order valence-corrected chi connectivity index (χ1v) is 7.09. The molecule has 0 unspecified atom stereocenters. The SMILES string of the molecule is CCC1(C(=O)N[C@H](C)c2cccnc2)CCNCC1. The van der Waals surface area contributed by atoms with Crippen molar-refractivity contribution < 1.29 is 4.79 Å². The minimum Gasteiger partial charge on any atom is -0.349 e. The minimum atomic E-state index is -0.193. The van der Waals surface area contributed by atoms with Crippen LogP contribution in [0.2, 0.25) is 0 Å². The predicted octanol–water partition coefficient (Wildman–Crippen LogP) is 2.04. The molecule has 0 spiro atoms. The number of hydrogen-bond donors (Lipinski definition) is 2. The van der Waals surface area contributed by atoms with Gasteiger partial charge in [-0.15, -0.1) is 0 Å². The number of pyridine rings is 1. The highest BCUT2D eigenvalue weighted by atomic mass is 16.2. The summed E-state index contributed by atoms with van der Waals surface area (Å²) in [7, 11) is 0. The van der Waals surface area contributed by atoms with E-state index in [4.69, 9.17) is 0 Å². The first-order valence-electron chi connectivity index (χ1n) is 7.09. The van der Waals surface area contributed by atoms with E-state index in [9.17, 15) is 4.79 Å². The van der Waals surface area contributed by atoms with E-state index in [2.05, 4.69) is 22.5 Å². The van der Waals surface area contributed by atoms with Crippen LogP contribution in [-0.2, 0) is 4.79 Å². The molecule has 0 saturated carbocycles. The zero-order valence-electron chi connectivity index (χ0n) is 11.8. The number of carbonyl (C=O) groups is 1. The van der Waals surface area contributed by atoms with Gasteiger partial charge in [0.2, 0.25) is 5.91 Å². The summed E-state index contributed by atoms with van der Waals surface area (Å²) >= 11 is 0. The summed E-state index contributed by atoms with van der Waals surface area (Å²) in [5.74, 6) is 0.188. The summed E-state index contributed by atoms with van der Waals surface area (Å²) in [6.07, 6.45) is 6.31. The first kappa shape index (κ1) is 14.0. The van der Waals surface area contributed by atoms with E-state index in [1.807, 2.05) is 25.3 Å². The Kier molecular flexibility index (Phi) is 4.53. The normalized spacial score (nSPS) is 19.7. The van der Waals surface area contributed by atoms with Gasteiger partial charge >= 0.3 is 0 Å². The van der Waals surface area contributed by atoms with Crippen molar-refractivity contribution in [3.63, 3.8) is 0 Å². The molecule has 1 aromatic rings. The van der Waals surface area contributed by atoms with Crippen LogP contribution in [-0.4, -0.2) is 24.0 Å². The fraction of sp³-hybridized carbons (Fsp3) is 0.600. The molecule has 0 aliphatic carbocycles. The fourth-order valence-electron chi connectivity index (χ4n) is 2.71. The van der Waals surface area contributed by atoms with Crippen LogP contribution in [0.15, 0.2) is 24.5 Å². The Morgan fingerprint density at radius 2 is 2.26 bits per heavy atom. The Morgan fingerprint density at radius 1 is 1.53 bits per heavy atom. The first-order chi connectivity index (χ1) is 9.18. The molecule has 1 saturated heterocycles. The number of amides is 1. The van der Waals surface area contributed by atoms with Crippen LogP contribution in [0.3, 0.4) is 0 Å². The van der Waals surface area contributed by atoms with Crippen LogP contribution in [0.1, 0.15) is 44.7 Å². The number of aromatic nitrogens is 1. The highest BCUT2D eigenvalue weighted by Gasteiger charge is 2.38. The van der Waals surface area contributed by atoms with Crippen LogP contribution in [0.25, 0.3) is 0 Å². The average Bonchev–Trinajstić information content (AvgIpc) is 2.48. The average molecular weight is 261 g/mol. The molecule has 1 aromatic heterocycles. The lowest BCUT2D eigenvalue weighted by molar-refractivity contribution is -0.133. The van der Waals surface area contributed by atoms with Crippen LogP contribution in [0.5, 0.6) is 0 Å². The third kappa shape index (κ3) is 3.13. The van der Waals surface area contributed by atoms with Crippen molar-refractivity contribution in [1.82, 2.24) is 15.6 Å². The Balaban J connectivity index is 2.03. The molecule has 4 nitrogen and oxygen atoms in total. The second kappa shape index (κ2) is 6.15. The quantitative estimate of drug-likeness (QED) is 0.872. The van der Waals surface area contributed by atoms with Crippen LogP contribution in [0, 0.1) is 5.41 Å². The molecular formula is C15H23N3O. The summed E-state index contributed by atoms with van der Waals surface area (Å²) < 4.78 is 0. The Bertz CT molecular complexity index is 413. The second-order valence-electron chi connectivity index (χ2n) is 5.37. The van der Waals surface area contributed by atoms with Gasteiger partial charge in [-0.1, -0.05) is 13.0 Å². The van der Waals surface area contributed by atoms with Gasteiger partial charge in [0.25, 0.3) is 0 Å². The third-order valence-corrected chi connectivity index (χ3v) is 4.25. The molecule has 0 radical (unpaired) electrons. The minimum absolute atomic E-state index is 0.0134. The second-order valence-corrected chi connectivity index (χ2v) is 5.37. The predicted molar refractivity (Wildman–Crippen MR) is 75.6 cm³/mol. The molecule has 2 rings (SSSR count). The molecule has 2 N–H and O–H groups in total. The standard InChI is InChI=1S/C15H23N3O/c1-3-15(6-9-16-10-7-15)14(19)18-12(2)13-5-4-8-17-11-13/h4-5,8,11-12,16H,3,6-7,9-10H2,1-2H3,(H,18,19)/t12-/m1/s1.